The first-order chi connectivity index (χ1) is 15.7. The van der Waals surface area contributed by atoms with Crippen molar-refractivity contribution in [3.8, 4) is 5.88 Å². The Morgan fingerprint density at radius 1 is 1.33 bits per heavy atom. The first kappa shape index (κ1) is 25.3. The summed E-state index contributed by atoms with van der Waals surface area (Å²) in [7, 11) is 0. The van der Waals surface area contributed by atoms with Crippen molar-refractivity contribution >= 4 is 34.7 Å². The Kier molecular flexibility index (Phi) is 8.60. The quantitative estimate of drug-likeness (QED) is 0.264. The lowest BCUT2D eigenvalue weighted by Crippen LogP contribution is -2.26. The van der Waals surface area contributed by atoms with Gasteiger partial charge in [-0.1, -0.05) is 11.6 Å². The molecule has 14 heteroatoms. The third-order valence-electron chi connectivity index (χ3n) is 5.44. The van der Waals surface area contributed by atoms with E-state index in [1.165, 1.54) is 6.20 Å². The number of halogens is 4. The van der Waals surface area contributed by atoms with E-state index in [1.54, 1.807) is 11.6 Å². The van der Waals surface area contributed by atoms with E-state index in [9.17, 15) is 18.9 Å². The van der Waals surface area contributed by atoms with Gasteiger partial charge in [-0.05, 0) is 51.1 Å². The van der Waals surface area contributed by atoms with Gasteiger partial charge in [-0.2, -0.15) is 13.8 Å². The van der Waals surface area contributed by atoms with Gasteiger partial charge < -0.3 is 14.8 Å². The summed E-state index contributed by atoms with van der Waals surface area (Å²) in [5.74, 6) is 0.306. The molecule has 1 atom stereocenters. The Morgan fingerprint density at radius 3 is 2.67 bits per heavy atom. The van der Waals surface area contributed by atoms with Gasteiger partial charge in [-0.3, -0.25) is 14.8 Å². The van der Waals surface area contributed by atoms with Crippen LogP contribution in [-0.2, 0) is 4.74 Å². The van der Waals surface area contributed by atoms with Crippen molar-refractivity contribution in [1.82, 2.24) is 19.7 Å². The number of anilines is 1. The van der Waals surface area contributed by atoms with E-state index in [0.29, 0.717) is 48.6 Å². The SMILES string of the molecule is Cc1c([N+](=O)[O-])c(OCC[C@@H](C)Nc2nc(Cl)ncc2Cl)nn1C1CCC(OC(F)F)CC1. The number of aromatic nitrogens is 4. The van der Waals surface area contributed by atoms with Crippen LogP contribution < -0.4 is 10.1 Å². The molecule has 10 nitrogen and oxygen atoms in total. The lowest BCUT2D eigenvalue weighted by atomic mass is 9.93. The van der Waals surface area contributed by atoms with Gasteiger partial charge in [0, 0.05) is 12.5 Å². The Labute approximate surface area is 198 Å². The molecule has 1 N–H and O–H groups in total. The zero-order chi connectivity index (χ0) is 24.1. The van der Waals surface area contributed by atoms with Gasteiger partial charge in [0.2, 0.25) is 5.28 Å². The monoisotopic (exact) mass is 508 g/mol. The molecule has 0 saturated heterocycles. The summed E-state index contributed by atoms with van der Waals surface area (Å²) in [6.07, 6.45) is 3.24. The number of nitro groups is 1. The van der Waals surface area contributed by atoms with Gasteiger partial charge in [-0.25, -0.2) is 4.98 Å². The van der Waals surface area contributed by atoms with Gasteiger partial charge in [-0.15, -0.1) is 5.10 Å². The Hall–Kier alpha value is -2.31. The first-order valence-corrected chi connectivity index (χ1v) is 11.2. The van der Waals surface area contributed by atoms with Crippen LogP contribution in [0.3, 0.4) is 0 Å². The second-order valence-corrected chi connectivity index (χ2v) is 8.53. The van der Waals surface area contributed by atoms with Crippen molar-refractivity contribution in [2.24, 2.45) is 0 Å². The van der Waals surface area contributed by atoms with Crippen LogP contribution in [0, 0.1) is 17.0 Å². The van der Waals surface area contributed by atoms with Gasteiger partial charge in [0.25, 0.3) is 0 Å². The average Bonchev–Trinajstić information content (AvgIpc) is 3.07. The minimum Gasteiger partial charge on any atom is -0.472 e. The summed E-state index contributed by atoms with van der Waals surface area (Å²) in [6.45, 7) is 0.813. The van der Waals surface area contributed by atoms with E-state index in [2.05, 4.69) is 25.1 Å². The molecule has 0 amide bonds. The van der Waals surface area contributed by atoms with Gasteiger partial charge >= 0.3 is 18.2 Å². The van der Waals surface area contributed by atoms with Crippen LogP contribution in [-0.4, -0.2) is 50.0 Å². The third-order valence-corrected chi connectivity index (χ3v) is 5.90. The number of hydrogen-bond acceptors (Lipinski definition) is 8. The highest BCUT2D eigenvalue weighted by Crippen LogP contribution is 2.37. The molecule has 0 bridgehead atoms. The van der Waals surface area contributed by atoms with Crippen molar-refractivity contribution in [3.63, 3.8) is 0 Å². The molecule has 182 valence electrons. The molecule has 1 fully saturated rings. The zero-order valence-electron chi connectivity index (χ0n) is 18.0. The molecule has 33 heavy (non-hydrogen) atoms. The molecular weight excluding hydrogens is 485 g/mol. The minimum absolute atomic E-state index is 0.0526. The minimum atomic E-state index is -2.81. The molecule has 1 saturated carbocycles. The first-order valence-electron chi connectivity index (χ1n) is 10.4. The van der Waals surface area contributed by atoms with Crippen molar-refractivity contribution in [2.75, 3.05) is 11.9 Å². The maximum atomic E-state index is 12.4. The van der Waals surface area contributed by atoms with Crippen LogP contribution in [0.1, 0.15) is 50.8 Å². The predicted octanol–water partition coefficient (Wildman–Crippen LogP) is 5.19. The highest BCUT2D eigenvalue weighted by Gasteiger charge is 2.32. The molecule has 3 rings (SSSR count). The van der Waals surface area contributed by atoms with E-state index < -0.39 is 17.6 Å². The number of ether oxygens (including phenoxy) is 2. The molecule has 0 unspecified atom stereocenters. The second kappa shape index (κ2) is 11.2. The fourth-order valence-electron chi connectivity index (χ4n) is 3.80. The van der Waals surface area contributed by atoms with Crippen LogP contribution in [0.15, 0.2) is 6.20 Å². The predicted molar refractivity (Wildman–Crippen MR) is 117 cm³/mol. The molecule has 2 aromatic rings. The van der Waals surface area contributed by atoms with Crippen molar-refractivity contribution in [3.05, 3.63) is 32.3 Å². The maximum Gasteiger partial charge on any atom is 0.352 e. The highest BCUT2D eigenvalue weighted by atomic mass is 35.5. The van der Waals surface area contributed by atoms with Gasteiger partial charge in [0.15, 0.2) is 0 Å². The average molecular weight is 509 g/mol. The van der Waals surface area contributed by atoms with Crippen LogP contribution in [0.2, 0.25) is 10.3 Å². The van der Waals surface area contributed by atoms with E-state index in [1.807, 2.05) is 6.92 Å². The molecule has 0 aromatic carbocycles. The molecule has 1 aliphatic carbocycles. The molecule has 0 radical (unpaired) electrons. The fraction of sp³-hybridized carbons (Fsp3) is 0.632. The number of hydrogen-bond donors (Lipinski definition) is 1. The Balaban J connectivity index is 1.61. The standard InChI is InChI=1S/C19H24Cl2F2N6O4/c1-10(25-16-14(20)9-24-18(21)26-16)7-8-32-17-15(29(30)31)11(2)28(27-17)12-3-5-13(6-4-12)33-19(22)23/h9-10,12-13,19H,3-8H2,1-2H3,(H,24,25,26)/t10-,12?,13?/m1/s1. The van der Waals surface area contributed by atoms with E-state index in [0.717, 1.165) is 0 Å². The topological polar surface area (TPSA) is 117 Å². The molecule has 1 aliphatic rings. The van der Waals surface area contributed by atoms with Crippen molar-refractivity contribution < 1.29 is 23.2 Å². The third kappa shape index (κ3) is 6.61. The highest BCUT2D eigenvalue weighted by molar-refractivity contribution is 6.33. The lowest BCUT2D eigenvalue weighted by Gasteiger charge is -2.28. The largest absolute Gasteiger partial charge is 0.472 e. The smallest absolute Gasteiger partial charge is 0.352 e. The lowest BCUT2D eigenvalue weighted by molar-refractivity contribution is -0.386. The molecular formula is C19H24Cl2F2N6O4. The Morgan fingerprint density at radius 2 is 2.03 bits per heavy atom. The molecule has 2 heterocycles. The molecule has 0 spiro atoms. The molecule has 2 aromatic heterocycles. The number of alkyl halides is 2. The van der Waals surface area contributed by atoms with Crippen LogP contribution in [0.4, 0.5) is 20.3 Å². The van der Waals surface area contributed by atoms with Crippen LogP contribution >= 0.6 is 23.2 Å². The summed E-state index contributed by atoms with van der Waals surface area (Å²) in [6, 6.07) is -0.287. The summed E-state index contributed by atoms with van der Waals surface area (Å²) in [5, 5.41) is 19.4. The van der Waals surface area contributed by atoms with E-state index in [4.69, 9.17) is 27.9 Å². The fourth-order valence-corrected chi connectivity index (χ4v) is 4.08. The normalized spacial score (nSPS) is 19.5. The van der Waals surface area contributed by atoms with Gasteiger partial charge in [0.1, 0.15) is 16.5 Å². The molecule has 0 aliphatic heterocycles. The van der Waals surface area contributed by atoms with E-state index >= 15 is 0 Å². The number of rotatable bonds is 10. The van der Waals surface area contributed by atoms with Crippen molar-refractivity contribution in [2.45, 2.75) is 70.8 Å². The summed E-state index contributed by atoms with van der Waals surface area (Å²) >= 11 is 11.8. The summed E-state index contributed by atoms with van der Waals surface area (Å²) < 4.78 is 36.7. The Bertz CT molecular complexity index is 972. The zero-order valence-corrected chi connectivity index (χ0v) is 19.5. The van der Waals surface area contributed by atoms with Crippen molar-refractivity contribution in [1.29, 1.82) is 0 Å². The second-order valence-electron chi connectivity index (χ2n) is 7.79. The number of nitrogens with one attached hydrogen (secondary N) is 1. The summed E-state index contributed by atoms with van der Waals surface area (Å²) in [5.41, 5.74) is 0.161. The maximum absolute atomic E-state index is 12.4. The van der Waals surface area contributed by atoms with Gasteiger partial charge in [0.05, 0.1) is 29.9 Å². The number of nitrogens with zero attached hydrogens (tertiary/aromatic N) is 5. The van der Waals surface area contributed by atoms with Crippen LogP contribution in [0.5, 0.6) is 5.88 Å². The van der Waals surface area contributed by atoms with E-state index in [-0.39, 0.29) is 35.5 Å². The van der Waals surface area contributed by atoms with Crippen LogP contribution in [0.25, 0.3) is 0 Å². The summed E-state index contributed by atoms with van der Waals surface area (Å²) in [4.78, 5) is 18.9.